The van der Waals surface area contributed by atoms with Crippen LogP contribution in [0, 0.1) is 0 Å². The molecule has 0 amide bonds. The third-order valence-electron chi connectivity index (χ3n) is 3.22. The van der Waals surface area contributed by atoms with Gasteiger partial charge in [0.15, 0.2) is 5.78 Å². The maximum atomic E-state index is 12.2. The van der Waals surface area contributed by atoms with E-state index in [1.54, 1.807) is 4.90 Å². The van der Waals surface area contributed by atoms with Gasteiger partial charge in [-0.2, -0.15) is 0 Å². The SMILES string of the molecule is CCN(CCO)CC(=O)c1c(N)n(C)c(=O)n(C)c1=O. The van der Waals surface area contributed by atoms with Crippen molar-refractivity contribution in [2.45, 2.75) is 6.92 Å². The summed E-state index contributed by atoms with van der Waals surface area (Å²) in [6.07, 6.45) is 0. The average Bonchev–Trinajstić information content (AvgIpc) is 2.42. The number of aliphatic hydroxyl groups is 1. The molecule has 8 heteroatoms. The summed E-state index contributed by atoms with van der Waals surface area (Å²) in [7, 11) is 2.70. The summed E-state index contributed by atoms with van der Waals surface area (Å²) in [5.74, 6) is -0.600. The second-order valence-electron chi connectivity index (χ2n) is 4.48. The lowest BCUT2D eigenvalue weighted by Crippen LogP contribution is -2.43. The fraction of sp³-hybridized carbons (Fsp3) is 0.583. The molecule has 0 spiro atoms. The third kappa shape index (κ3) is 2.97. The zero-order valence-electron chi connectivity index (χ0n) is 11.9. The number of nitrogens with two attached hydrogens (primary N) is 1. The second-order valence-corrected chi connectivity index (χ2v) is 4.48. The Morgan fingerprint density at radius 2 is 1.90 bits per heavy atom. The molecule has 8 nitrogen and oxygen atoms in total. The Kier molecular flexibility index (Phi) is 5.23. The average molecular weight is 284 g/mol. The van der Waals surface area contributed by atoms with E-state index < -0.39 is 17.0 Å². The molecule has 0 aliphatic heterocycles. The van der Waals surface area contributed by atoms with Crippen molar-refractivity contribution in [1.29, 1.82) is 0 Å². The number of Topliss-reactive ketones (excluding diaryl/α,β-unsaturated/α-hetero) is 1. The zero-order chi connectivity index (χ0) is 15.4. The quantitative estimate of drug-likeness (QED) is 0.594. The lowest BCUT2D eigenvalue weighted by molar-refractivity contribution is 0.0917. The van der Waals surface area contributed by atoms with Gasteiger partial charge in [0.25, 0.3) is 5.56 Å². The number of hydrogen-bond donors (Lipinski definition) is 2. The van der Waals surface area contributed by atoms with Crippen LogP contribution in [0.3, 0.4) is 0 Å². The molecule has 20 heavy (non-hydrogen) atoms. The molecule has 1 rings (SSSR count). The molecule has 1 aromatic heterocycles. The van der Waals surface area contributed by atoms with E-state index in [4.69, 9.17) is 10.8 Å². The lowest BCUT2D eigenvalue weighted by Gasteiger charge is -2.18. The molecule has 0 unspecified atom stereocenters. The van der Waals surface area contributed by atoms with Crippen molar-refractivity contribution < 1.29 is 9.90 Å². The Hall–Kier alpha value is -1.93. The Labute approximate surface area is 116 Å². The highest BCUT2D eigenvalue weighted by molar-refractivity contribution is 6.01. The molecule has 0 saturated heterocycles. The molecule has 0 saturated carbocycles. The van der Waals surface area contributed by atoms with Crippen LogP contribution in [-0.2, 0) is 14.1 Å². The maximum absolute atomic E-state index is 12.2. The molecule has 0 radical (unpaired) electrons. The Balaban J connectivity index is 3.24. The highest BCUT2D eigenvalue weighted by Gasteiger charge is 2.21. The monoisotopic (exact) mass is 284 g/mol. The molecule has 0 aliphatic carbocycles. The topological polar surface area (TPSA) is 111 Å². The van der Waals surface area contributed by atoms with Crippen molar-refractivity contribution in [1.82, 2.24) is 14.0 Å². The summed E-state index contributed by atoms with van der Waals surface area (Å²) in [4.78, 5) is 37.6. The molecule has 1 aromatic rings. The molecule has 0 fully saturated rings. The predicted molar refractivity (Wildman–Crippen MR) is 74.9 cm³/mol. The molecule has 3 N–H and O–H groups in total. The Morgan fingerprint density at radius 3 is 2.40 bits per heavy atom. The van der Waals surface area contributed by atoms with E-state index in [2.05, 4.69) is 0 Å². The van der Waals surface area contributed by atoms with Gasteiger partial charge in [-0.3, -0.25) is 23.6 Å². The van der Waals surface area contributed by atoms with Crippen LogP contribution in [-0.4, -0.2) is 51.2 Å². The van der Waals surface area contributed by atoms with Crippen LogP contribution in [0.15, 0.2) is 9.59 Å². The van der Waals surface area contributed by atoms with Crippen molar-refractivity contribution in [3.8, 4) is 0 Å². The number of carbonyl (C=O) groups is 1. The number of hydrogen-bond acceptors (Lipinski definition) is 6. The van der Waals surface area contributed by atoms with Gasteiger partial charge < -0.3 is 10.8 Å². The first-order chi connectivity index (χ1) is 9.34. The first-order valence-corrected chi connectivity index (χ1v) is 6.27. The predicted octanol–water partition coefficient (Wildman–Crippen LogP) is -1.84. The number of nitrogens with zero attached hydrogens (tertiary/aromatic N) is 3. The van der Waals surface area contributed by atoms with Crippen LogP contribution in [0.5, 0.6) is 0 Å². The van der Waals surface area contributed by atoms with Crippen LogP contribution in [0.4, 0.5) is 5.82 Å². The molecule has 0 aliphatic rings. The first kappa shape index (κ1) is 16.1. The minimum atomic E-state index is -0.698. The van der Waals surface area contributed by atoms with Crippen molar-refractivity contribution >= 4 is 11.6 Å². The largest absolute Gasteiger partial charge is 0.395 e. The van der Waals surface area contributed by atoms with Gasteiger partial charge in [0.05, 0.1) is 13.2 Å². The molecular formula is C12H20N4O4. The maximum Gasteiger partial charge on any atom is 0.332 e. The molecule has 0 atom stereocenters. The standard InChI is InChI=1S/C12H20N4O4/c1-4-16(5-6-17)7-8(18)9-10(13)14(2)12(20)15(3)11(9)19/h17H,4-7,13H2,1-3H3. The van der Waals surface area contributed by atoms with Gasteiger partial charge in [0.1, 0.15) is 11.4 Å². The van der Waals surface area contributed by atoms with E-state index in [9.17, 15) is 14.4 Å². The van der Waals surface area contributed by atoms with Crippen LogP contribution < -0.4 is 17.0 Å². The van der Waals surface area contributed by atoms with Gasteiger partial charge in [0, 0.05) is 20.6 Å². The van der Waals surface area contributed by atoms with Crippen LogP contribution in [0.25, 0.3) is 0 Å². The van der Waals surface area contributed by atoms with Crippen LogP contribution in [0.1, 0.15) is 17.3 Å². The smallest absolute Gasteiger partial charge is 0.332 e. The van der Waals surface area contributed by atoms with Crippen molar-refractivity contribution in [3.05, 3.63) is 26.4 Å². The highest BCUT2D eigenvalue weighted by atomic mass is 16.3. The zero-order valence-corrected chi connectivity index (χ0v) is 11.9. The minimum Gasteiger partial charge on any atom is -0.395 e. The van der Waals surface area contributed by atoms with Crippen LogP contribution >= 0.6 is 0 Å². The molecule has 112 valence electrons. The van der Waals surface area contributed by atoms with Gasteiger partial charge in [-0.25, -0.2) is 4.79 Å². The van der Waals surface area contributed by atoms with Gasteiger partial charge >= 0.3 is 5.69 Å². The summed E-state index contributed by atoms with van der Waals surface area (Å²) in [6.45, 7) is 2.61. The van der Waals surface area contributed by atoms with E-state index in [1.165, 1.54) is 14.1 Å². The van der Waals surface area contributed by atoms with E-state index in [0.29, 0.717) is 13.1 Å². The minimum absolute atomic E-state index is 0.0330. The fourth-order valence-corrected chi connectivity index (χ4v) is 1.89. The summed E-state index contributed by atoms with van der Waals surface area (Å²) in [5.41, 5.74) is 4.24. The number of carbonyl (C=O) groups excluding carboxylic acids is 1. The van der Waals surface area contributed by atoms with Crippen molar-refractivity contribution in [2.24, 2.45) is 14.1 Å². The van der Waals surface area contributed by atoms with Gasteiger partial charge in [-0.1, -0.05) is 6.92 Å². The summed E-state index contributed by atoms with van der Waals surface area (Å²) < 4.78 is 1.92. The Bertz CT molecular complexity index is 617. The lowest BCUT2D eigenvalue weighted by atomic mass is 10.1. The number of anilines is 1. The highest BCUT2D eigenvalue weighted by Crippen LogP contribution is 2.05. The summed E-state index contributed by atoms with van der Waals surface area (Å²) >= 11 is 0. The van der Waals surface area contributed by atoms with Gasteiger partial charge in [-0.05, 0) is 6.54 Å². The number of aliphatic hydroxyl groups excluding tert-OH is 1. The number of rotatable bonds is 6. The van der Waals surface area contributed by atoms with E-state index in [-0.39, 0.29) is 24.5 Å². The first-order valence-electron chi connectivity index (χ1n) is 6.27. The van der Waals surface area contributed by atoms with E-state index in [1.807, 2.05) is 6.92 Å². The fourth-order valence-electron chi connectivity index (χ4n) is 1.89. The van der Waals surface area contributed by atoms with Gasteiger partial charge in [0.2, 0.25) is 0 Å². The number of ketones is 1. The van der Waals surface area contributed by atoms with Gasteiger partial charge in [-0.15, -0.1) is 0 Å². The molecular weight excluding hydrogens is 264 g/mol. The van der Waals surface area contributed by atoms with E-state index in [0.717, 1.165) is 9.13 Å². The number of nitrogen functional groups attached to an aromatic ring is 1. The third-order valence-corrected chi connectivity index (χ3v) is 3.22. The Morgan fingerprint density at radius 1 is 1.30 bits per heavy atom. The van der Waals surface area contributed by atoms with Crippen molar-refractivity contribution in [3.63, 3.8) is 0 Å². The molecule has 1 heterocycles. The summed E-state index contributed by atoms with van der Waals surface area (Å²) in [6, 6.07) is 0. The molecule has 0 bridgehead atoms. The van der Waals surface area contributed by atoms with Crippen molar-refractivity contribution in [2.75, 3.05) is 32.0 Å². The number of likely N-dealkylation sites (N-methyl/N-ethyl adjacent to an activating group) is 1. The van der Waals surface area contributed by atoms with E-state index >= 15 is 0 Å². The number of aromatic nitrogens is 2. The van der Waals surface area contributed by atoms with Crippen LogP contribution in [0.2, 0.25) is 0 Å². The molecule has 0 aromatic carbocycles. The summed E-state index contributed by atoms with van der Waals surface area (Å²) in [5, 5.41) is 8.90. The normalized spacial score (nSPS) is 11.1. The second kappa shape index (κ2) is 6.49.